The lowest BCUT2D eigenvalue weighted by Crippen LogP contribution is -2.26. The van der Waals surface area contributed by atoms with Crippen molar-refractivity contribution in [3.63, 3.8) is 0 Å². The Bertz CT molecular complexity index is 908. The van der Waals surface area contributed by atoms with Crippen molar-refractivity contribution >= 4 is 17.4 Å². The largest absolute Gasteiger partial charge is 0.337 e. The van der Waals surface area contributed by atoms with Gasteiger partial charge >= 0.3 is 0 Å². The van der Waals surface area contributed by atoms with E-state index in [9.17, 15) is 4.79 Å². The molecule has 138 valence electrons. The van der Waals surface area contributed by atoms with Crippen molar-refractivity contribution in [3.8, 4) is 0 Å². The fourth-order valence-corrected chi connectivity index (χ4v) is 3.12. The van der Waals surface area contributed by atoms with Crippen molar-refractivity contribution in [1.29, 1.82) is 0 Å². The van der Waals surface area contributed by atoms with E-state index in [2.05, 4.69) is 41.9 Å². The molecule has 1 aromatic heterocycles. The number of hydrogen-bond acceptors (Lipinski definition) is 3. The lowest BCUT2D eigenvalue weighted by atomic mass is 10.1. The van der Waals surface area contributed by atoms with Crippen LogP contribution < -0.4 is 4.90 Å². The van der Waals surface area contributed by atoms with Gasteiger partial charge in [0.05, 0.1) is 0 Å². The Labute approximate surface area is 161 Å². The zero-order valence-corrected chi connectivity index (χ0v) is 16.1. The van der Waals surface area contributed by atoms with Gasteiger partial charge in [0.2, 0.25) is 0 Å². The first kappa shape index (κ1) is 18.6. The van der Waals surface area contributed by atoms with E-state index in [1.54, 1.807) is 17.2 Å². The van der Waals surface area contributed by atoms with Gasteiger partial charge < -0.3 is 9.80 Å². The van der Waals surface area contributed by atoms with Crippen molar-refractivity contribution in [2.45, 2.75) is 20.4 Å². The van der Waals surface area contributed by atoms with Crippen LogP contribution in [0.1, 0.15) is 28.4 Å². The Morgan fingerprint density at radius 1 is 1.00 bits per heavy atom. The Kier molecular flexibility index (Phi) is 5.87. The Hall–Kier alpha value is -3.14. The SMILES string of the molecule is CCN(c1cccc(C)c1)c1cc(C(=O)N(C)Cc2ccccc2)ccn1. The number of anilines is 2. The topological polar surface area (TPSA) is 36.4 Å². The first-order valence-electron chi connectivity index (χ1n) is 9.18. The van der Waals surface area contributed by atoms with Crippen LogP contribution in [0.5, 0.6) is 0 Å². The minimum atomic E-state index is -0.0113. The lowest BCUT2D eigenvalue weighted by Gasteiger charge is -2.23. The first-order valence-corrected chi connectivity index (χ1v) is 9.18. The van der Waals surface area contributed by atoms with E-state index in [0.717, 1.165) is 23.6 Å². The summed E-state index contributed by atoms with van der Waals surface area (Å²) in [5.41, 5.74) is 4.02. The van der Waals surface area contributed by atoms with Crippen molar-refractivity contribution in [2.24, 2.45) is 0 Å². The number of carbonyl (C=O) groups is 1. The molecule has 0 bridgehead atoms. The maximum absolute atomic E-state index is 12.9. The maximum atomic E-state index is 12.9. The van der Waals surface area contributed by atoms with Crippen molar-refractivity contribution in [2.75, 3.05) is 18.5 Å². The van der Waals surface area contributed by atoms with Gasteiger partial charge in [-0.15, -0.1) is 0 Å². The molecule has 0 aliphatic heterocycles. The summed E-state index contributed by atoms with van der Waals surface area (Å²) in [7, 11) is 1.83. The van der Waals surface area contributed by atoms with Gasteiger partial charge in [-0.2, -0.15) is 0 Å². The number of benzene rings is 2. The summed E-state index contributed by atoms with van der Waals surface area (Å²) in [6.07, 6.45) is 1.71. The minimum Gasteiger partial charge on any atom is -0.337 e. The molecule has 0 N–H and O–H groups in total. The molecule has 1 amide bonds. The highest BCUT2D eigenvalue weighted by molar-refractivity contribution is 5.94. The molecule has 4 heteroatoms. The van der Waals surface area contributed by atoms with Crippen molar-refractivity contribution < 1.29 is 4.79 Å². The lowest BCUT2D eigenvalue weighted by molar-refractivity contribution is 0.0785. The summed E-state index contributed by atoms with van der Waals surface area (Å²) >= 11 is 0. The second-order valence-electron chi connectivity index (χ2n) is 6.63. The third-order valence-corrected chi connectivity index (χ3v) is 4.51. The highest BCUT2D eigenvalue weighted by Crippen LogP contribution is 2.25. The number of rotatable bonds is 6. The summed E-state index contributed by atoms with van der Waals surface area (Å²) in [5, 5.41) is 0. The smallest absolute Gasteiger partial charge is 0.254 e. The molecule has 3 rings (SSSR count). The van der Waals surface area contributed by atoms with Gasteiger partial charge in [-0.25, -0.2) is 4.98 Å². The van der Waals surface area contributed by atoms with Crippen LogP contribution in [0, 0.1) is 6.92 Å². The van der Waals surface area contributed by atoms with Crippen molar-refractivity contribution in [1.82, 2.24) is 9.88 Å². The zero-order valence-electron chi connectivity index (χ0n) is 16.1. The predicted molar refractivity (Wildman–Crippen MR) is 110 cm³/mol. The van der Waals surface area contributed by atoms with Crippen molar-refractivity contribution in [3.05, 3.63) is 89.6 Å². The standard InChI is InChI=1S/C23H25N3O/c1-4-26(21-12-8-9-18(2)15-21)22-16-20(13-14-24-22)23(27)25(3)17-19-10-6-5-7-11-19/h5-16H,4,17H2,1-3H3. The molecule has 3 aromatic rings. The van der Waals surface area contributed by atoms with Gasteiger partial charge in [0, 0.05) is 37.6 Å². The van der Waals surface area contributed by atoms with Gasteiger partial charge in [-0.05, 0) is 49.2 Å². The van der Waals surface area contributed by atoms with Crippen LogP contribution >= 0.6 is 0 Å². The van der Waals surface area contributed by atoms with E-state index in [1.165, 1.54) is 5.56 Å². The van der Waals surface area contributed by atoms with Crippen LogP contribution in [0.3, 0.4) is 0 Å². The molecule has 0 saturated heterocycles. The Morgan fingerprint density at radius 3 is 2.48 bits per heavy atom. The summed E-state index contributed by atoms with van der Waals surface area (Å²) in [5.74, 6) is 0.768. The minimum absolute atomic E-state index is 0.0113. The fourth-order valence-electron chi connectivity index (χ4n) is 3.12. The number of hydrogen-bond donors (Lipinski definition) is 0. The number of aromatic nitrogens is 1. The molecule has 0 atom stereocenters. The van der Waals surface area contributed by atoms with Gasteiger partial charge in [0.15, 0.2) is 0 Å². The van der Waals surface area contributed by atoms with Gasteiger partial charge in [0.25, 0.3) is 5.91 Å². The van der Waals surface area contributed by atoms with E-state index >= 15 is 0 Å². The molecule has 4 nitrogen and oxygen atoms in total. The van der Waals surface area contributed by atoms with Crippen LogP contribution in [0.4, 0.5) is 11.5 Å². The van der Waals surface area contributed by atoms with Crippen LogP contribution in [0.25, 0.3) is 0 Å². The van der Waals surface area contributed by atoms with E-state index < -0.39 is 0 Å². The second-order valence-corrected chi connectivity index (χ2v) is 6.63. The normalized spacial score (nSPS) is 10.5. The van der Waals surface area contributed by atoms with Gasteiger partial charge in [-0.3, -0.25) is 4.79 Å². The molecule has 1 heterocycles. The monoisotopic (exact) mass is 359 g/mol. The maximum Gasteiger partial charge on any atom is 0.254 e. The molecule has 0 spiro atoms. The molecule has 0 radical (unpaired) electrons. The van der Waals surface area contributed by atoms with Crippen LogP contribution in [0.2, 0.25) is 0 Å². The number of aryl methyl sites for hydroxylation is 1. The highest BCUT2D eigenvalue weighted by atomic mass is 16.2. The number of carbonyl (C=O) groups excluding carboxylic acids is 1. The quantitative estimate of drug-likeness (QED) is 0.633. The average Bonchev–Trinajstić information content (AvgIpc) is 2.69. The molecule has 2 aromatic carbocycles. The molecule has 0 unspecified atom stereocenters. The third-order valence-electron chi connectivity index (χ3n) is 4.51. The molecule has 27 heavy (non-hydrogen) atoms. The second kappa shape index (κ2) is 8.49. The molecular formula is C23H25N3O. The van der Waals surface area contributed by atoms with E-state index in [4.69, 9.17) is 0 Å². The van der Waals surface area contributed by atoms with Crippen LogP contribution in [-0.2, 0) is 6.54 Å². The van der Waals surface area contributed by atoms with E-state index in [-0.39, 0.29) is 5.91 Å². The van der Waals surface area contributed by atoms with Crippen LogP contribution in [0.15, 0.2) is 72.9 Å². The number of nitrogens with zero attached hydrogens (tertiary/aromatic N) is 3. The summed E-state index contributed by atoms with van der Waals surface area (Å²) < 4.78 is 0. The van der Waals surface area contributed by atoms with Gasteiger partial charge in [0.1, 0.15) is 5.82 Å². The summed E-state index contributed by atoms with van der Waals surface area (Å²) in [6, 6.07) is 21.9. The first-order chi connectivity index (χ1) is 13.1. The van der Waals surface area contributed by atoms with Gasteiger partial charge in [-0.1, -0.05) is 42.5 Å². The highest BCUT2D eigenvalue weighted by Gasteiger charge is 2.15. The average molecular weight is 359 g/mol. The Morgan fingerprint density at radius 2 is 1.78 bits per heavy atom. The summed E-state index contributed by atoms with van der Waals surface area (Å²) in [6.45, 7) is 5.50. The third kappa shape index (κ3) is 4.53. The number of amides is 1. The van der Waals surface area contributed by atoms with E-state index in [1.807, 2.05) is 49.5 Å². The molecular weight excluding hydrogens is 334 g/mol. The summed E-state index contributed by atoms with van der Waals surface area (Å²) in [4.78, 5) is 21.2. The fraction of sp³-hybridized carbons (Fsp3) is 0.217. The Balaban J connectivity index is 1.82. The number of pyridine rings is 1. The molecule has 0 saturated carbocycles. The molecule has 0 aliphatic rings. The zero-order chi connectivity index (χ0) is 19.2. The molecule has 0 fully saturated rings. The predicted octanol–water partition coefficient (Wildman–Crippen LogP) is 4.82. The van der Waals surface area contributed by atoms with E-state index in [0.29, 0.717) is 12.1 Å². The van der Waals surface area contributed by atoms with Crippen LogP contribution in [-0.4, -0.2) is 29.4 Å². The molecule has 0 aliphatic carbocycles.